The second-order valence-corrected chi connectivity index (χ2v) is 8.74. The summed E-state index contributed by atoms with van der Waals surface area (Å²) in [5.41, 5.74) is 5.49. The molecule has 0 saturated heterocycles. The van der Waals surface area contributed by atoms with Crippen LogP contribution in [0.5, 0.6) is 0 Å². The van der Waals surface area contributed by atoms with Gasteiger partial charge in [0.25, 0.3) is 11.8 Å². The van der Waals surface area contributed by atoms with Gasteiger partial charge >= 0.3 is 0 Å². The standard InChI is InChI=1S/C26H27N9O2/c1-6-35-24(26(37)31-22-13-28-34(5)16(22)3)23(14-29-35)32-25(36)18-11-21(19-12-27-33(4)15(19)2)30-20-10-8-7-9-17(18)20/h7-14H,6H2,1-5H3,(H,31,37)(H,32,36). The Kier molecular flexibility index (Phi) is 6.04. The number of hydrogen-bond acceptors (Lipinski definition) is 6. The molecule has 5 aromatic rings. The minimum absolute atomic E-state index is 0.251. The van der Waals surface area contributed by atoms with E-state index in [1.165, 1.54) is 6.20 Å². The molecule has 0 saturated carbocycles. The smallest absolute Gasteiger partial charge is 0.276 e. The summed E-state index contributed by atoms with van der Waals surface area (Å²) in [6.07, 6.45) is 4.81. The molecule has 0 aliphatic carbocycles. The number of nitrogens with one attached hydrogen (secondary N) is 2. The fourth-order valence-electron chi connectivity index (χ4n) is 4.20. The number of carbonyl (C=O) groups is 2. The summed E-state index contributed by atoms with van der Waals surface area (Å²) in [4.78, 5) is 31.7. The SMILES string of the molecule is CCn1ncc(NC(=O)c2cc(-c3cnn(C)c3C)nc3ccccc23)c1C(=O)Nc1cnn(C)c1C. The second kappa shape index (κ2) is 9.34. The number of benzene rings is 1. The largest absolute Gasteiger partial charge is 0.319 e. The molecule has 5 rings (SSSR count). The summed E-state index contributed by atoms with van der Waals surface area (Å²) in [6, 6.07) is 9.21. The zero-order valence-electron chi connectivity index (χ0n) is 21.3. The average molecular weight is 498 g/mol. The first kappa shape index (κ1) is 23.9. The van der Waals surface area contributed by atoms with E-state index in [9.17, 15) is 9.59 Å². The van der Waals surface area contributed by atoms with Gasteiger partial charge < -0.3 is 10.6 Å². The van der Waals surface area contributed by atoms with Gasteiger partial charge in [-0.1, -0.05) is 18.2 Å². The van der Waals surface area contributed by atoms with Crippen LogP contribution in [0.3, 0.4) is 0 Å². The molecule has 0 aliphatic heterocycles. The summed E-state index contributed by atoms with van der Waals surface area (Å²) in [7, 11) is 3.66. The molecule has 11 nitrogen and oxygen atoms in total. The molecule has 2 amide bonds. The van der Waals surface area contributed by atoms with Crippen molar-refractivity contribution in [1.82, 2.24) is 34.3 Å². The van der Waals surface area contributed by atoms with Crippen molar-refractivity contribution in [2.45, 2.75) is 27.3 Å². The van der Waals surface area contributed by atoms with Crippen molar-refractivity contribution in [1.29, 1.82) is 0 Å². The van der Waals surface area contributed by atoms with E-state index in [1.54, 1.807) is 39.6 Å². The van der Waals surface area contributed by atoms with Crippen LogP contribution in [0.2, 0.25) is 0 Å². The Morgan fingerprint density at radius 3 is 2.22 bits per heavy atom. The van der Waals surface area contributed by atoms with Crippen LogP contribution in [0.15, 0.2) is 48.9 Å². The molecule has 0 atom stereocenters. The zero-order valence-corrected chi connectivity index (χ0v) is 21.3. The summed E-state index contributed by atoms with van der Waals surface area (Å²) in [5.74, 6) is -0.763. The van der Waals surface area contributed by atoms with Crippen LogP contribution in [0.25, 0.3) is 22.2 Å². The first-order chi connectivity index (χ1) is 17.8. The third-order valence-electron chi connectivity index (χ3n) is 6.56. The van der Waals surface area contributed by atoms with Crippen LogP contribution >= 0.6 is 0 Å². The number of nitrogens with zero attached hydrogens (tertiary/aromatic N) is 7. The zero-order chi connectivity index (χ0) is 26.3. The van der Waals surface area contributed by atoms with Gasteiger partial charge in [0, 0.05) is 37.3 Å². The summed E-state index contributed by atoms with van der Waals surface area (Å²) in [6.45, 7) is 6.14. The van der Waals surface area contributed by atoms with Gasteiger partial charge in [0.15, 0.2) is 0 Å². The lowest BCUT2D eigenvalue weighted by Crippen LogP contribution is -2.21. The third-order valence-corrected chi connectivity index (χ3v) is 6.56. The summed E-state index contributed by atoms with van der Waals surface area (Å²) < 4.78 is 4.98. The molecule has 0 unspecified atom stereocenters. The van der Waals surface area contributed by atoms with Gasteiger partial charge in [0.2, 0.25) is 0 Å². The van der Waals surface area contributed by atoms with Crippen molar-refractivity contribution in [3.63, 3.8) is 0 Å². The molecule has 0 aliphatic rings. The third kappa shape index (κ3) is 4.24. The van der Waals surface area contributed by atoms with Gasteiger partial charge in [-0.2, -0.15) is 15.3 Å². The first-order valence-corrected chi connectivity index (χ1v) is 11.8. The predicted molar refractivity (Wildman–Crippen MR) is 140 cm³/mol. The molecular formula is C26H27N9O2. The van der Waals surface area contributed by atoms with E-state index in [2.05, 4.69) is 25.9 Å². The number of carbonyl (C=O) groups excluding carboxylic acids is 2. The van der Waals surface area contributed by atoms with Gasteiger partial charge in [-0.3, -0.25) is 23.6 Å². The van der Waals surface area contributed by atoms with Crippen LogP contribution in [0, 0.1) is 13.8 Å². The number of pyridine rings is 1. The Morgan fingerprint density at radius 2 is 1.54 bits per heavy atom. The quantitative estimate of drug-likeness (QED) is 0.369. The number of hydrogen-bond donors (Lipinski definition) is 2. The molecule has 4 aromatic heterocycles. The molecule has 37 heavy (non-hydrogen) atoms. The highest BCUT2D eigenvalue weighted by Crippen LogP contribution is 2.28. The van der Waals surface area contributed by atoms with E-state index in [0.717, 1.165) is 17.0 Å². The molecule has 0 bridgehead atoms. The number of aromatic nitrogens is 7. The number of fused-ring (bicyclic) bond motifs is 1. The number of para-hydroxylation sites is 1. The minimum atomic E-state index is -0.392. The number of aryl methyl sites for hydroxylation is 3. The van der Waals surface area contributed by atoms with Crippen molar-refractivity contribution in [3.8, 4) is 11.3 Å². The van der Waals surface area contributed by atoms with E-state index in [0.29, 0.717) is 40.1 Å². The highest BCUT2D eigenvalue weighted by Gasteiger charge is 2.23. The fourth-order valence-corrected chi connectivity index (χ4v) is 4.20. The number of anilines is 2. The highest BCUT2D eigenvalue weighted by atomic mass is 16.2. The Hall–Kier alpha value is -4.80. The normalized spacial score (nSPS) is 11.2. The lowest BCUT2D eigenvalue weighted by Gasteiger charge is -2.12. The van der Waals surface area contributed by atoms with Crippen LogP contribution in [0.4, 0.5) is 11.4 Å². The molecule has 11 heteroatoms. The summed E-state index contributed by atoms with van der Waals surface area (Å²) >= 11 is 0. The lowest BCUT2D eigenvalue weighted by atomic mass is 10.0. The van der Waals surface area contributed by atoms with E-state index in [-0.39, 0.29) is 11.6 Å². The topological polar surface area (TPSA) is 125 Å². The van der Waals surface area contributed by atoms with E-state index >= 15 is 0 Å². The van der Waals surface area contributed by atoms with Gasteiger partial charge in [0.05, 0.1) is 52.4 Å². The maximum atomic E-state index is 13.6. The van der Waals surface area contributed by atoms with Crippen molar-refractivity contribution in [2.75, 3.05) is 10.6 Å². The molecule has 0 radical (unpaired) electrons. The highest BCUT2D eigenvalue weighted by molar-refractivity contribution is 6.16. The maximum absolute atomic E-state index is 13.6. The van der Waals surface area contributed by atoms with Crippen molar-refractivity contribution in [3.05, 3.63) is 71.6 Å². The Labute approximate surface area is 213 Å². The van der Waals surface area contributed by atoms with Crippen LogP contribution in [0.1, 0.15) is 39.2 Å². The molecule has 188 valence electrons. The molecule has 1 aromatic carbocycles. The second-order valence-electron chi connectivity index (χ2n) is 8.74. The monoisotopic (exact) mass is 497 g/mol. The van der Waals surface area contributed by atoms with E-state index in [4.69, 9.17) is 4.98 Å². The number of rotatable bonds is 6. The van der Waals surface area contributed by atoms with E-state index in [1.807, 2.05) is 52.1 Å². The van der Waals surface area contributed by atoms with Gasteiger partial charge in [-0.05, 0) is 32.9 Å². The van der Waals surface area contributed by atoms with E-state index < -0.39 is 5.91 Å². The van der Waals surface area contributed by atoms with Crippen molar-refractivity contribution >= 4 is 34.1 Å². The molecule has 0 fully saturated rings. The minimum Gasteiger partial charge on any atom is -0.319 e. The molecular weight excluding hydrogens is 470 g/mol. The number of amides is 2. The predicted octanol–water partition coefficient (Wildman–Crippen LogP) is 3.71. The fraction of sp³-hybridized carbons (Fsp3) is 0.231. The van der Waals surface area contributed by atoms with Gasteiger partial charge in [0.1, 0.15) is 5.69 Å². The van der Waals surface area contributed by atoms with Gasteiger partial charge in [-0.15, -0.1) is 0 Å². The van der Waals surface area contributed by atoms with Crippen LogP contribution in [-0.2, 0) is 20.6 Å². The van der Waals surface area contributed by atoms with Crippen molar-refractivity contribution in [2.24, 2.45) is 14.1 Å². The Morgan fingerprint density at radius 1 is 0.865 bits per heavy atom. The van der Waals surface area contributed by atoms with Gasteiger partial charge in [-0.25, -0.2) is 4.98 Å². The first-order valence-electron chi connectivity index (χ1n) is 11.8. The lowest BCUT2D eigenvalue weighted by molar-refractivity contribution is 0.101. The molecule has 2 N–H and O–H groups in total. The van der Waals surface area contributed by atoms with Crippen LogP contribution < -0.4 is 10.6 Å². The molecule has 0 spiro atoms. The Balaban J connectivity index is 1.53. The Bertz CT molecular complexity index is 1660. The average Bonchev–Trinajstić information content (AvgIpc) is 3.56. The van der Waals surface area contributed by atoms with Crippen molar-refractivity contribution < 1.29 is 9.59 Å². The maximum Gasteiger partial charge on any atom is 0.276 e. The van der Waals surface area contributed by atoms with Crippen LogP contribution in [-0.4, -0.2) is 46.1 Å². The molecule has 4 heterocycles. The summed E-state index contributed by atoms with van der Waals surface area (Å²) in [5, 5.41) is 19.3.